The van der Waals surface area contributed by atoms with Crippen molar-refractivity contribution in [1.29, 1.82) is 0 Å². The molecule has 2 nitrogen and oxygen atoms in total. The number of allylic oxidation sites excluding steroid dienone is 5. The number of hydrogen-bond donors (Lipinski definition) is 1. The van der Waals surface area contributed by atoms with Crippen LogP contribution in [0.5, 0.6) is 11.5 Å². The van der Waals surface area contributed by atoms with Gasteiger partial charge in [0.1, 0.15) is 17.1 Å². The second-order valence-corrected chi connectivity index (χ2v) is 9.58. The quantitative estimate of drug-likeness (QED) is 0.429. The summed E-state index contributed by atoms with van der Waals surface area (Å²) in [7, 11) is 0. The number of aryl methyl sites for hydroxylation is 1. The van der Waals surface area contributed by atoms with Crippen molar-refractivity contribution in [3.63, 3.8) is 0 Å². The summed E-state index contributed by atoms with van der Waals surface area (Å²) in [5.41, 5.74) is 5.89. The van der Waals surface area contributed by atoms with Crippen molar-refractivity contribution < 1.29 is 9.84 Å². The minimum atomic E-state index is -0.286. The van der Waals surface area contributed by atoms with Crippen molar-refractivity contribution in [3.8, 4) is 11.5 Å². The van der Waals surface area contributed by atoms with E-state index >= 15 is 0 Å². The van der Waals surface area contributed by atoms with E-state index in [1.165, 1.54) is 31.3 Å². The zero-order valence-corrected chi connectivity index (χ0v) is 18.3. The van der Waals surface area contributed by atoms with Crippen molar-refractivity contribution in [3.05, 3.63) is 58.7 Å². The second-order valence-electron chi connectivity index (χ2n) is 9.58. The highest BCUT2D eigenvalue weighted by molar-refractivity contribution is 5.42. The van der Waals surface area contributed by atoms with Gasteiger partial charge >= 0.3 is 0 Å². The minimum Gasteiger partial charge on any atom is -0.508 e. The van der Waals surface area contributed by atoms with Crippen molar-refractivity contribution in [2.75, 3.05) is 0 Å². The van der Waals surface area contributed by atoms with Gasteiger partial charge in [-0.05, 0) is 101 Å². The molecule has 2 aliphatic rings. The standard InChI is InChI=1S/C26H36O2/c1-19(10-12-23-20(2)9-7-15-25(23,3)4)8-6-16-26(5)17-14-21-18-22(27)11-13-24(21)28-26/h6,8,11,13,16,18,27H,7,9-10,12,14-15,17H2,1-5H3/b16-6+,19-8-/t26-/m0/s1. The molecule has 0 amide bonds. The topological polar surface area (TPSA) is 29.5 Å². The molecule has 1 aromatic carbocycles. The van der Waals surface area contributed by atoms with E-state index < -0.39 is 0 Å². The molecule has 152 valence electrons. The molecule has 0 saturated heterocycles. The number of rotatable bonds is 5. The van der Waals surface area contributed by atoms with Gasteiger partial charge in [-0.1, -0.05) is 42.7 Å². The zero-order valence-electron chi connectivity index (χ0n) is 18.3. The van der Waals surface area contributed by atoms with E-state index in [9.17, 15) is 5.11 Å². The Hall–Kier alpha value is -1.96. The van der Waals surface area contributed by atoms with Crippen LogP contribution < -0.4 is 4.74 Å². The van der Waals surface area contributed by atoms with Crippen LogP contribution in [-0.2, 0) is 6.42 Å². The first-order chi connectivity index (χ1) is 13.2. The van der Waals surface area contributed by atoms with Gasteiger partial charge in [0.15, 0.2) is 0 Å². The van der Waals surface area contributed by atoms with Crippen LogP contribution in [0, 0.1) is 5.41 Å². The molecule has 0 saturated carbocycles. The highest BCUT2D eigenvalue weighted by Gasteiger charge is 2.29. The molecule has 0 fully saturated rings. The summed E-state index contributed by atoms with van der Waals surface area (Å²) in [5.74, 6) is 1.20. The average Bonchev–Trinajstić information content (AvgIpc) is 2.61. The minimum absolute atomic E-state index is 0.286. The summed E-state index contributed by atoms with van der Waals surface area (Å²) in [6, 6.07) is 5.38. The lowest BCUT2D eigenvalue weighted by atomic mass is 9.71. The summed E-state index contributed by atoms with van der Waals surface area (Å²) in [4.78, 5) is 0. The lowest BCUT2D eigenvalue weighted by Gasteiger charge is -2.35. The van der Waals surface area contributed by atoms with E-state index in [1.807, 2.05) is 12.1 Å². The predicted octanol–water partition coefficient (Wildman–Crippen LogP) is 7.29. The van der Waals surface area contributed by atoms with Crippen molar-refractivity contribution >= 4 is 0 Å². The molecular weight excluding hydrogens is 344 g/mol. The normalized spacial score (nSPS) is 25.0. The third kappa shape index (κ3) is 4.90. The van der Waals surface area contributed by atoms with Gasteiger partial charge in [-0.15, -0.1) is 0 Å². The molecule has 0 spiro atoms. The largest absolute Gasteiger partial charge is 0.508 e. The number of aromatic hydroxyl groups is 1. The first-order valence-electron chi connectivity index (χ1n) is 10.7. The maximum atomic E-state index is 9.63. The first-order valence-corrected chi connectivity index (χ1v) is 10.7. The summed E-state index contributed by atoms with van der Waals surface area (Å²) < 4.78 is 6.22. The Bertz CT molecular complexity index is 810. The smallest absolute Gasteiger partial charge is 0.125 e. The molecule has 1 heterocycles. The monoisotopic (exact) mass is 380 g/mol. The average molecular weight is 381 g/mol. The number of ether oxygens (including phenoxy) is 1. The fourth-order valence-electron chi connectivity index (χ4n) is 4.71. The molecule has 3 rings (SSSR count). The van der Waals surface area contributed by atoms with Gasteiger partial charge in [0.25, 0.3) is 0 Å². The zero-order chi connectivity index (χ0) is 20.4. The van der Waals surface area contributed by atoms with E-state index in [0.717, 1.165) is 30.6 Å². The number of fused-ring (bicyclic) bond motifs is 1. The maximum Gasteiger partial charge on any atom is 0.125 e. The number of phenols is 1. The Kier molecular flexibility index (Phi) is 6.07. The molecule has 28 heavy (non-hydrogen) atoms. The van der Waals surface area contributed by atoms with Gasteiger partial charge in [0, 0.05) is 0 Å². The SMILES string of the molecule is CC1=C(CC/C(C)=C\C=C\[C@@]2(C)CCc3cc(O)ccc3O2)C(C)(C)CCC1. The van der Waals surface area contributed by atoms with Crippen LogP contribution in [0.4, 0.5) is 0 Å². The highest BCUT2D eigenvalue weighted by Crippen LogP contribution is 2.42. The van der Waals surface area contributed by atoms with Gasteiger partial charge in [-0.25, -0.2) is 0 Å². The van der Waals surface area contributed by atoms with Gasteiger partial charge < -0.3 is 9.84 Å². The van der Waals surface area contributed by atoms with Crippen LogP contribution in [0.1, 0.15) is 78.7 Å². The molecule has 0 radical (unpaired) electrons. The molecule has 0 bridgehead atoms. The number of phenolic OH excluding ortho intramolecular Hbond substituents is 1. The van der Waals surface area contributed by atoms with Gasteiger partial charge in [-0.2, -0.15) is 0 Å². The maximum absolute atomic E-state index is 9.63. The second kappa shape index (κ2) is 8.19. The third-order valence-electron chi connectivity index (χ3n) is 6.56. The lowest BCUT2D eigenvalue weighted by Crippen LogP contribution is -2.34. The summed E-state index contributed by atoms with van der Waals surface area (Å²) >= 11 is 0. The van der Waals surface area contributed by atoms with Crippen molar-refractivity contribution in [1.82, 2.24) is 0 Å². The Labute approximate surface area is 171 Å². The highest BCUT2D eigenvalue weighted by atomic mass is 16.5. The van der Waals surface area contributed by atoms with Crippen LogP contribution in [0.2, 0.25) is 0 Å². The van der Waals surface area contributed by atoms with E-state index in [2.05, 4.69) is 52.8 Å². The molecule has 1 aromatic rings. The fourth-order valence-corrected chi connectivity index (χ4v) is 4.71. The third-order valence-corrected chi connectivity index (χ3v) is 6.56. The van der Waals surface area contributed by atoms with Gasteiger partial charge in [-0.3, -0.25) is 0 Å². The van der Waals surface area contributed by atoms with E-state index in [-0.39, 0.29) is 5.60 Å². The van der Waals surface area contributed by atoms with Gasteiger partial charge in [0.2, 0.25) is 0 Å². The molecule has 1 N–H and O–H groups in total. The summed E-state index contributed by atoms with van der Waals surface area (Å²) in [6.07, 6.45) is 14.7. The van der Waals surface area contributed by atoms with Crippen molar-refractivity contribution in [2.45, 2.75) is 85.2 Å². The lowest BCUT2D eigenvalue weighted by molar-refractivity contribution is 0.114. The summed E-state index contributed by atoms with van der Waals surface area (Å²) in [6.45, 7) is 11.5. The van der Waals surface area contributed by atoms with E-state index in [4.69, 9.17) is 4.74 Å². The number of benzene rings is 1. The molecule has 0 unspecified atom stereocenters. The predicted molar refractivity (Wildman–Crippen MR) is 118 cm³/mol. The molecular formula is C26H36O2. The Morgan fingerprint density at radius 1 is 1.18 bits per heavy atom. The van der Waals surface area contributed by atoms with E-state index in [0.29, 0.717) is 11.2 Å². The van der Waals surface area contributed by atoms with Crippen LogP contribution >= 0.6 is 0 Å². The van der Waals surface area contributed by atoms with Gasteiger partial charge in [0.05, 0.1) is 0 Å². The Morgan fingerprint density at radius 2 is 1.96 bits per heavy atom. The molecule has 1 aliphatic heterocycles. The Morgan fingerprint density at radius 3 is 2.71 bits per heavy atom. The fraction of sp³-hybridized carbons (Fsp3) is 0.538. The molecule has 0 aromatic heterocycles. The first kappa shape index (κ1) is 20.8. The Balaban J connectivity index is 1.60. The van der Waals surface area contributed by atoms with Crippen molar-refractivity contribution in [2.24, 2.45) is 5.41 Å². The molecule has 2 heteroatoms. The number of hydrogen-bond acceptors (Lipinski definition) is 2. The molecule has 1 atom stereocenters. The van der Waals surface area contributed by atoms with E-state index in [1.54, 1.807) is 17.2 Å². The van der Waals surface area contributed by atoms with Crippen LogP contribution in [-0.4, -0.2) is 10.7 Å². The van der Waals surface area contributed by atoms with Crippen LogP contribution in [0.15, 0.2) is 53.1 Å². The van der Waals surface area contributed by atoms with Crippen LogP contribution in [0.25, 0.3) is 0 Å². The summed E-state index contributed by atoms with van der Waals surface area (Å²) in [5, 5.41) is 9.63. The molecule has 1 aliphatic carbocycles. The van der Waals surface area contributed by atoms with Crippen LogP contribution in [0.3, 0.4) is 0 Å².